The van der Waals surface area contributed by atoms with E-state index < -0.39 is 36.9 Å². The van der Waals surface area contributed by atoms with Crippen molar-refractivity contribution in [2.24, 2.45) is 0 Å². The van der Waals surface area contributed by atoms with E-state index in [0.717, 1.165) is 17.7 Å². The third kappa shape index (κ3) is 8.10. The Morgan fingerprint density at radius 1 is 1.09 bits per heavy atom. The first-order valence-corrected chi connectivity index (χ1v) is 11.4. The highest BCUT2D eigenvalue weighted by Gasteiger charge is 2.30. The number of nitrogens with zero attached hydrogens (tertiary/aromatic N) is 1. The zero-order chi connectivity index (χ0) is 23.6. The van der Waals surface area contributed by atoms with Gasteiger partial charge in [0, 0.05) is 24.7 Å². The summed E-state index contributed by atoms with van der Waals surface area (Å²) in [4.78, 5) is 43.4. The van der Waals surface area contributed by atoms with Crippen LogP contribution in [0.15, 0.2) is 54.6 Å². The SMILES string of the molecule is O=C(CCCP(=O)(O)[C@H](O)c1ccc([N+](=O)[O-])cc1)OCNC(=O)OCc1ccccc1. The second-order valence-corrected chi connectivity index (χ2v) is 9.15. The summed E-state index contributed by atoms with van der Waals surface area (Å²) in [6, 6.07) is 13.6. The van der Waals surface area contributed by atoms with E-state index >= 15 is 0 Å². The number of aliphatic hydroxyl groups excluding tert-OH is 1. The Hall–Kier alpha value is -3.27. The van der Waals surface area contributed by atoms with Crippen molar-refractivity contribution in [2.75, 3.05) is 12.9 Å². The maximum atomic E-state index is 12.4. The molecular formula is C20H23N2O9P. The van der Waals surface area contributed by atoms with Crippen LogP contribution in [-0.2, 0) is 25.4 Å². The predicted molar refractivity (Wildman–Crippen MR) is 113 cm³/mol. The number of carbonyl (C=O) groups excluding carboxylic acids is 2. The molecule has 0 spiro atoms. The van der Waals surface area contributed by atoms with Crippen molar-refractivity contribution in [1.82, 2.24) is 5.32 Å². The number of nitro benzene ring substituents is 1. The zero-order valence-electron chi connectivity index (χ0n) is 17.0. The first kappa shape index (κ1) is 25.0. The lowest BCUT2D eigenvalue weighted by Crippen LogP contribution is -2.28. The number of hydrogen-bond donors (Lipinski definition) is 3. The van der Waals surface area contributed by atoms with Crippen LogP contribution < -0.4 is 5.32 Å². The highest BCUT2D eigenvalue weighted by Crippen LogP contribution is 2.54. The molecule has 1 unspecified atom stereocenters. The standard InChI is InChI=1S/C20H23N2O9P/c23-18(31-14-21-20(25)30-13-15-5-2-1-3-6-15)7-4-12-32(28,29)19(24)16-8-10-17(11-9-16)22(26)27/h1-3,5-6,8-11,19,24H,4,7,12-14H2,(H,21,25)(H,28,29)/t19-/m0/s1. The number of benzene rings is 2. The maximum Gasteiger partial charge on any atom is 0.410 e. The van der Waals surface area contributed by atoms with E-state index in [1.165, 1.54) is 12.1 Å². The highest BCUT2D eigenvalue weighted by molar-refractivity contribution is 7.58. The van der Waals surface area contributed by atoms with Gasteiger partial charge in [-0.05, 0) is 29.7 Å². The normalized spacial score (nSPS) is 13.4. The number of nitro groups is 1. The van der Waals surface area contributed by atoms with Crippen LogP contribution in [0.25, 0.3) is 0 Å². The lowest BCUT2D eigenvalue weighted by molar-refractivity contribution is -0.384. The van der Waals surface area contributed by atoms with E-state index in [-0.39, 0.29) is 36.9 Å². The van der Waals surface area contributed by atoms with Gasteiger partial charge < -0.3 is 19.5 Å². The molecule has 2 aromatic carbocycles. The molecule has 11 nitrogen and oxygen atoms in total. The summed E-state index contributed by atoms with van der Waals surface area (Å²) in [5, 5.41) is 23.0. The van der Waals surface area contributed by atoms with Gasteiger partial charge in [0.1, 0.15) is 6.61 Å². The summed E-state index contributed by atoms with van der Waals surface area (Å²) in [6.07, 6.45) is -1.40. The fourth-order valence-corrected chi connectivity index (χ4v) is 4.09. The Balaban J connectivity index is 1.67. The Morgan fingerprint density at radius 3 is 2.38 bits per heavy atom. The number of esters is 1. The summed E-state index contributed by atoms with van der Waals surface area (Å²) >= 11 is 0. The van der Waals surface area contributed by atoms with Gasteiger partial charge in [0.25, 0.3) is 5.69 Å². The average Bonchev–Trinajstić information content (AvgIpc) is 2.77. The minimum atomic E-state index is -4.09. The number of ether oxygens (including phenoxy) is 2. The van der Waals surface area contributed by atoms with E-state index in [1.807, 2.05) is 6.07 Å². The topological polar surface area (TPSA) is 165 Å². The number of amides is 1. The third-order valence-corrected chi connectivity index (χ3v) is 6.33. The number of hydrogen-bond acceptors (Lipinski definition) is 8. The molecule has 0 radical (unpaired) electrons. The minimum absolute atomic E-state index is 0.0465. The van der Waals surface area contributed by atoms with Crippen LogP contribution in [0.5, 0.6) is 0 Å². The van der Waals surface area contributed by atoms with Crippen molar-refractivity contribution in [3.05, 3.63) is 75.8 Å². The van der Waals surface area contributed by atoms with Crippen LogP contribution in [0, 0.1) is 10.1 Å². The van der Waals surface area contributed by atoms with Crippen molar-refractivity contribution in [1.29, 1.82) is 0 Å². The van der Waals surface area contributed by atoms with E-state index in [9.17, 15) is 34.3 Å². The molecule has 3 N–H and O–H groups in total. The van der Waals surface area contributed by atoms with Gasteiger partial charge in [0.15, 0.2) is 12.6 Å². The molecule has 0 aliphatic heterocycles. The number of nitrogens with one attached hydrogen (secondary N) is 1. The molecule has 0 aromatic heterocycles. The van der Waals surface area contributed by atoms with Crippen molar-refractivity contribution in [3.63, 3.8) is 0 Å². The summed E-state index contributed by atoms with van der Waals surface area (Å²) in [7, 11) is -4.09. The van der Waals surface area contributed by atoms with Gasteiger partial charge in [-0.3, -0.25) is 24.8 Å². The smallest absolute Gasteiger partial charge is 0.410 e. The summed E-state index contributed by atoms with van der Waals surface area (Å²) in [6.45, 7) is -0.363. The summed E-state index contributed by atoms with van der Waals surface area (Å²) in [5.74, 6) is -2.45. The molecule has 0 fully saturated rings. The van der Waals surface area contributed by atoms with E-state index in [4.69, 9.17) is 9.47 Å². The molecule has 2 rings (SSSR count). The van der Waals surface area contributed by atoms with E-state index in [1.54, 1.807) is 24.3 Å². The van der Waals surface area contributed by atoms with Crippen molar-refractivity contribution in [2.45, 2.75) is 25.3 Å². The van der Waals surface area contributed by atoms with Crippen molar-refractivity contribution >= 4 is 25.1 Å². The Morgan fingerprint density at radius 2 is 1.75 bits per heavy atom. The van der Waals surface area contributed by atoms with Crippen molar-refractivity contribution in [3.8, 4) is 0 Å². The van der Waals surface area contributed by atoms with Crippen LogP contribution in [-0.4, -0.2) is 39.9 Å². The molecule has 12 heteroatoms. The average molecular weight is 466 g/mol. The van der Waals surface area contributed by atoms with Crippen LogP contribution in [0.3, 0.4) is 0 Å². The second kappa shape index (κ2) is 11.9. The first-order valence-electron chi connectivity index (χ1n) is 9.53. The molecular weight excluding hydrogens is 443 g/mol. The Bertz CT molecular complexity index is 967. The van der Waals surface area contributed by atoms with Gasteiger partial charge in [0.2, 0.25) is 7.37 Å². The van der Waals surface area contributed by atoms with Crippen LogP contribution in [0.1, 0.15) is 29.8 Å². The fourth-order valence-electron chi connectivity index (χ4n) is 2.60. The molecule has 0 bridgehead atoms. The van der Waals surface area contributed by atoms with Gasteiger partial charge in [0.05, 0.1) is 4.92 Å². The molecule has 32 heavy (non-hydrogen) atoms. The monoisotopic (exact) mass is 466 g/mol. The number of rotatable bonds is 11. The Kier molecular flexibility index (Phi) is 9.33. The second-order valence-electron chi connectivity index (χ2n) is 6.70. The zero-order valence-corrected chi connectivity index (χ0v) is 17.9. The van der Waals surface area contributed by atoms with Crippen LogP contribution in [0.4, 0.5) is 10.5 Å². The third-order valence-electron chi connectivity index (χ3n) is 4.31. The molecule has 0 heterocycles. The number of carbonyl (C=O) groups is 2. The molecule has 0 saturated heterocycles. The Labute approximate surface area is 183 Å². The van der Waals surface area contributed by atoms with Crippen LogP contribution >= 0.6 is 7.37 Å². The van der Waals surface area contributed by atoms with Gasteiger partial charge in [-0.1, -0.05) is 30.3 Å². The number of aliphatic hydroxyl groups is 1. The first-order chi connectivity index (χ1) is 15.2. The van der Waals surface area contributed by atoms with Gasteiger partial charge >= 0.3 is 12.1 Å². The largest absolute Gasteiger partial charge is 0.445 e. The number of non-ortho nitro benzene ring substituents is 1. The molecule has 0 aliphatic rings. The van der Waals surface area contributed by atoms with E-state index in [2.05, 4.69) is 5.32 Å². The quantitative estimate of drug-likeness (QED) is 0.148. The molecule has 0 aliphatic carbocycles. The fraction of sp³-hybridized carbons (Fsp3) is 0.300. The summed E-state index contributed by atoms with van der Waals surface area (Å²) < 4.78 is 22.1. The highest BCUT2D eigenvalue weighted by atomic mass is 31.2. The van der Waals surface area contributed by atoms with Gasteiger partial charge in [-0.2, -0.15) is 0 Å². The molecule has 1 amide bonds. The van der Waals surface area contributed by atoms with Crippen molar-refractivity contribution < 1.29 is 38.6 Å². The summed E-state index contributed by atoms with van der Waals surface area (Å²) in [5.41, 5.74) is 0.639. The van der Waals surface area contributed by atoms with Gasteiger partial charge in [-0.15, -0.1) is 0 Å². The lowest BCUT2D eigenvalue weighted by atomic mass is 10.2. The maximum absolute atomic E-state index is 12.4. The molecule has 172 valence electrons. The predicted octanol–water partition coefficient (Wildman–Crippen LogP) is 3.06. The van der Waals surface area contributed by atoms with Gasteiger partial charge in [-0.25, -0.2) is 4.79 Å². The minimum Gasteiger partial charge on any atom is -0.445 e. The molecule has 0 saturated carbocycles. The van der Waals surface area contributed by atoms with Crippen LogP contribution in [0.2, 0.25) is 0 Å². The van der Waals surface area contributed by atoms with E-state index in [0.29, 0.717) is 0 Å². The number of alkyl carbamates (subject to hydrolysis) is 1. The molecule has 2 atom stereocenters. The molecule has 2 aromatic rings. The lowest BCUT2D eigenvalue weighted by Gasteiger charge is -2.18.